The summed E-state index contributed by atoms with van der Waals surface area (Å²) in [6.07, 6.45) is 1.46. The Balaban J connectivity index is 2.58. The van der Waals surface area contributed by atoms with Crippen LogP contribution in [0.15, 0.2) is 24.3 Å². The minimum Gasteiger partial charge on any atom is -0.480 e. The number of hydrogen-bond acceptors (Lipinski definition) is 2. The van der Waals surface area contributed by atoms with Crippen LogP contribution in [0.1, 0.15) is 31.4 Å². The van der Waals surface area contributed by atoms with Gasteiger partial charge in [-0.15, -0.1) is 0 Å². The van der Waals surface area contributed by atoms with E-state index in [1.165, 1.54) is 11.1 Å². The van der Waals surface area contributed by atoms with Crippen LogP contribution in [0.2, 0.25) is 0 Å². The van der Waals surface area contributed by atoms with Gasteiger partial charge >= 0.3 is 5.97 Å². The van der Waals surface area contributed by atoms with Crippen molar-refractivity contribution in [1.29, 1.82) is 0 Å². The molecule has 0 radical (unpaired) electrons. The molecule has 0 amide bonds. The molecule has 0 fully saturated rings. The van der Waals surface area contributed by atoms with Crippen molar-refractivity contribution in [3.8, 4) is 0 Å². The Morgan fingerprint density at radius 2 is 2.06 bits per heavy atom. The van der Waals surface area contributed by atoms with Crippen molar-refractivity contribution in [1.82, 2.24) is 5.32 Å². The maximum atomic E-state index is 10.9. The first kappa shape index (κ1) is 13.7. The van der Waals surface area contributed by atoms with Crippen LogP contribution >= 0.6 is 0 Å². The molecule has 2 N–H and O–H groups in total. The highest BCUT2D eigenvalue weighted by atomic mass is 16.4. The molecule has 0 heterocycles. The maximum absolute atomic E-state index is 10.9. The Bertz CT molecular complexity index is 376. The van der Waals surface area contributed by atoms with Gasteiger partial charge in [-0.2, -0.15) is 0 Å². The van der Waals surface area contributed by atoms with Gasteiger partial charge in [0.15, 0.2) is 0 Å². The van der Waals surface area contributed by atoms with Gasteiger partial charge in [-0.1, -0.05) is 31.2 Å². The van der Waals surface area contributed by atoms with Crippen LogP contribution in [0, 0.1) is 6.92 Å². The number of carboxylic acid groups (broad SMARTS) is 1. The lowest BCUT2D eigenvalue weighted by Crippen LogP contribution is -2.42. The summed E-state index contributed by atoms with van der Waals surface area (Å²) >= 11 is 0. The second-order valence-electron chi connectivity index (χ2n) is 4.50. The molecule has 2 atom stereocenters. The van der Waals surface area contributed by atoms with Crippen LogP contribution < -0.4 is 5.32 Å². The number of rotatable bonds is 6. The van der Waals surface area contributed by atoms with E-state index in [1.54, 1.807) is 0 Å². The summed E-state index contributed by atoms with van der Waals surface area (Å²) in [5, 5.41) is 12.1. The van der Waals surface area contributed by atoms with E-state index in [2.05, 4.69) is 24.4 Å². The Morgan fingerprint density at radius 1 is 1.41 bits per heavy atom. The molecule has 0 bridgehead atoms. The molecule has 0 spiro atoms. The molecule has 1 aromatic carbocycles. The fourth-order valence-corrected chi connectivity index (χ4v) is 1.94. The standard InChI is InChI=1S/C14H21NO2/c1-4-13(14(16)17)15-11(3)9-12-8-6-5-7-10(12)2/h5-8,11,13,15H,4,9H2,1-3H3,(H,16,17). The molecule has 3 heteroatoms. The molecule has 1 aromatic rings. The summed E-state index contributed by atoms with van der Waals surface area (Å²) in [5.74, 6) is -0.774. The van der Waals surface area contributed by atoms with Gasteiger partial charge in [-0.3, -0.25) is 4.79 Å². The summed E-state index contributed by atoms with van der Waals surface area (Å²) in [4.78, 5) is 10.9. The minimum absolute atomic E-state index is 0.164. The Labute approximate surface area is 103 Å². The van der Waals surface area contributed by atoms with Crippen molar-refractivity contribution in [3.63, 3.8) is 0 Å². The molecule has 0 saturated carbocycles. The first-order valence-electron chi connectivity index (χ1n) is 6.08. The number of carbonyl (C=O) groups is 1. The molecular formula is C14H21NO2. The van der Waals surface area contributed by atoms with Crippen molar-refractivity contribution in [3.05, 3.63) is 35.4 Å². The molecule has 3 nitrogen and oxygen atoms in total. The molecule has 0 aliphatic heterocycles. The normalized spacial score (nSPS) is 14.3. The highest BCUT2D eigenvalue weighted by Crippen LogP contribution is 2.10. The summed E-state index contributed by atoms with van der Waals surface area (Å²) in [6, 6.07) is 7.92. The first-order chi connectivity index (χ1) is 8.04. The van der Waals surface area contributed by atoms with E-state index in [0.29, 0.717) is 6.42 Å². The third kappa shape index (κ3) is 4.19. The van der Waals surface area contributed by atoms with Gasteiger partial charge in [0.1, 0.15) is 6.04 Å². The SMILES string of the molecule is CCC(NC(C)Cc1ccccc1C)C(=O)O. The highest BCUT2D eigenvalue weighted by Gasteiger charge is 2.17. The van der Waals surface area contributed by atoms with E-state index in [0.717, 1.165) is 6.42 Å². The van der Waals surface area contributed by atoms with Crippen molar-refractivity contribution in [2.24, 2.45) is 0 Å². The number of carboxylic acids is 1. The van der Waals surface area contributed by atoms with Gasteiger partial charge in [-0.05, 0) is 37.8 Å². The molecular weight excluding hydrogens is 214 g/mol. The van der Waals surface area contributed by atoms with Crippen LogP contribution in [0.4, 0.5) is 0 Å². The first-order valence-corrected chi connectivity index (χ1v) is 6.08. The largest absolute Gasteiger partial charge is 0.480 e. The van der Waals surface area contributed by atoms with E-state index >= 15 is 0 Å². The summed E-state index contributed by atoms with van der Waals surface area (Å²) < 4.78 is 0. The number of aryl methyl sites for hydroxylation is 1. The van der Waals surface area contributed by atoms with Crippen molar-refractivity contribution in [2.75, 3.05) is 0 Å². The van der Waals surface area contributed by atoms with Gasteiger partial charge in [0.2, 0.25) is 0 Å². The van der Waals surface area contributed by atoms with Gasteiger partial charge in [0.25, 0.3) is 0 Å². The maximum Gasteiger partial charge on any atom is 0.320 e. The lowest BCUT2D eigenvalue weighted by molar-refractivity contribution is -0.139. The number of aliphatic carboxylic acids is 1. The molecule has 0 saturated heterocycles. The lowest BCUT2D eigenvalue weighted by atomic mass is 10.0. The smallest absolute Gasteiger partial charge is 0.320 e. The fraction of sp³-hybridized carbons (Fsp3) is 0.500. The summed E-state index contributed by atoms with van der Waals surface area (Å²) in [6.45, 7) is 5.99. The lowest BCUT2D eigenvalue weighted by Gasteiger charge is -2.19. The zero-order chi connectivity index (χ0) is 12.8. The van der Waals surface area contributed by atoms with E-state index in [-0.39, 0.29) is 6.04 Å². The minimum atomic E-state index is -0.774. The van der Waals surface area contributed by atoms with Crippen LogP contribution in [0.25, 0.3) is 0 Å². The second-order valence-corrected chi connectivity index (χ2v) is 4.50. The zero-order valence-corrected chi connectivity index (χ0v) is 10.7. The predicted octanol–water partition coefficient (Wildman–Crippen LogP) is 2.38. The van der Waals surface area contributed by atoms with Gasteiger partial charge in [0.05, 0.1) is 0 Å². The zero-order valence-electron chi connectivity index (χ0n) is 10.7. The highest BCUT2D eigenvalue weighted by molar-refractivity contribution is 5.73. The van der Waals surface area contributed by atoms with E-state index in [4.69, 9.17) is 5.11 Å². The molecule has 2 unspecified atom stereocenters. The van der Waals surface area contributed by atoms with Crippen molar-refractivity contribution in [2.45, 2.75) is 45.7 Å². The van der Waals surface area contributed by atoms with E-state index < -0.39 is 12.0 Å². The van der Waals surface area contributed by atoms with E-state index in [1.807, 2.05) is 26.0 Å². The third-order valence-corrected chi connectivity index (χ3v) is 2.98. The topological polar surface area (TPSA) is 49.3 Å². The molecule has 0 aliphatic carbocycles. The quantitative estimate of drug-likeness (QED) is 0.796. The third-order valence-electron chi connectivity index (χ3n) is 2.98. The van der Waals surface area contributed by atoms with Gasteiger partial charge in [0, 0.05) is 6.04 Å². The monoisotopic (exact) mass is 235 g/mol. The Hall–Kier alpha value is -1.35. The van der Waals surface area contributed by atoms with Crippen molar-refractivity contribution >= 4 is 5.97 Å². The molecule has 1 rings (SSSR count). The number of hydrogen-bond donors (Lipinski definition) is 2. The number of nitrogens with one attached hydrogen (secondary N) is 1. The average molecular weight is 235 g/mol. The number of benzene rings is 1. The second kappa shape index (κ2) is 6.40. The van der Waals surface area contributed by atoms with Crippen molar-refractivity contribution < 1.29 is 9.90 Å². The van der Waals surface area contributed by atoms with E-state index in [9.17, 15) is 4.79 Å². The Morgan fingerprint density at radius 3 is 2.59 bits per heavy atom. The summed E-state index contributed by atoms with van der Waals surface area (Å²) in [7, 11) is 0. The van der Waals surface area contributed by atoms with Crippen LogP contribution in [0.5, 0.6) is 0 Å². The average Bonchev–Trinajstić information content (AvgIpc) is 2.28. The van der Waals surface area contributed by atoms with Gasteiger partial charge < -0.3 is 10.4 Å². The molecule has 94 valence electrons. The van der Waals surface area contributed by atoms with Crippen LogP contribution in [0.3, 0.4) is 0 Å². The Kier molecular flexibility index (Phi) is 5.16. The fourth-order valence-electron chi connectivity index (χ4n) is 1.94. The molecule has 17 heavy (non-hydrogen) atoms. The van der Waals surface area contributed by atoms with Crippen LogP contribution in [-0.4, -0.2) is 23.2 Å². The van der Waals surface area contributed by atoms with Gasteiger partial charge in [-0.25, -0.2) is 0 Å². The predicted molar refractivity (Wildman–Crippen MR) is 69.2 cm³/mol. The van der Waals surface area contributed by atoms with Crippen LogP contribution in [-0.2, 0) is 11.2 Å². The molecule has 0 aliphatic rings. The summed E-state index contributed by atoms with van der Waals surface area (Å²) in [5.41, 5.74) is 2.53. The molecule has 0 aromatic heterocycles.